The van der Waals surface area contributed by atoms with Gasteiger partial charge in [-0.3, -0.25) is 14.5 Å². The predicted molar refractivity (Wildman–Crippen MR) is 86.1 cm³/mol. The molecule has 0 unspecified atom stereocenters. The summed E-state index contributed by atoms with van der Waals surface area (Å²) < 4.78 is 0. The lowest BCUT2D eigenvalue weighted by Crippen LogP contribution is -2.31. The summed E-state index contributed by atoms with van der Waals surface area (Å²) in [6, 6.07) is 5.05. The predicted octanol–water partition coefficient (Wildman–Crippen LogP) is 3.46. The molecule has 0 radical (unpaired) electrons. The van der Waals surface area contributed by atoms with E-state index in [4.69, 9.17) is 28.3 Å². The molecule has 0 saturated heterocycles. The molecule has 0 atom stereocenters. The third kappa shape index (κ3) is 3.87. The zero-order chi connectivity index (χ0) is 16.3. The topological polar surface area (TPSA) is 70.0 Å². The second-order valence-electron chi connectivity index (χ2n) is 4.82. The molecule has 22 heavy (non-hydrogen) atoms. The molecule has 0 aromatic heterocycles. The standard InChI is InChI=1S/C15H14Cl2N2O3/c1-9-18-13(8-10-4-5-11(16)12(17)7-10)15(22)19(9)6-2-3-14(20)21/h4-5,7-8H,2-3,6H2,1H3,(H,20,21)/b13-8+. The Morgan fingerprint density at radius 2 is 2.09 bits per heavy atom. The molecule has 1 amide bonds. The van der Waals surface area contributed by atoms with Crippen molar-refractivity contribution in [2.45, 2.75) is 19.8 Å². The molecule has 0 fully saturated rings. The number of rotatable bonds is 5. The van der Waals surface area contributed by atoms with E-state index < -0.39 is 5.97 Å². The van der Waals surface area contributed by atoms with Crippen molar-refractivity contribution in [1.29, 1.82) is 0 Å². The van der Waals surface area contributed by atoms with E-state index in [1.165, 1.54) is 4.90 Å². The van der Waals surface area contributed by atoms with Crippen LogP contribution in [0.5, 0.6) is 0 Å². The molecule has 1 aromatic carbocycles. The molecule has 5 nitrogen and oxygen atoms in total. The van der Waals surface area contributed by atoms with E-state index in [-0.39, 0.29) is 12.3 Å². The molecule has 116 valence electrons. The van der Waals surface area contributed by atoms with Gasteiger partial charge in [0.05, 0.1) is 10.0 Å². The van der Waals surface area contributed by atoms with Crippen LogP contribution in [0.15, 0.2) is 28.9 Å². The first-order valence-corrected chi connectivity index (χ1v) is 7.40. The van der Waals surface area contributed by atoms with Crippen LogP contribution in [-0.4, -0.2) is 34.3 Å². The van der Waals surface area contributed by atoms with Gasteiger partial charge in [0.25, 0.3) is 5.91 Å². The number of carboxylic acids is 1. The van der Waals surface area contributed by atoms with Crippen molar-refractivity contribution in [3.63, 3.8) is 0 Å². The van der Waals surface area contributed by atoms with Gasteiger partial charge in [-0.15, -0.1) is 0 Å². The van der Waals surface area contributed by atoms with Crippen LogP contribution in [0, 0.1) is 0 Å². The SMILES string of the molecule is CC1=N/C(=C/c2ccc(Cl)c(Cl)c2)C(=O)N1CCCC(=O)O. The number of benzene rings is 1. The van der Waals surface area contributed by atoms with Crippen molar-refractivity contribution in [3.05, 3.63) is 39.5 Å². The fraction of sp³-hybridized carbons (Fsp3) is 0.267. The van der Waals surface area contributed by atoms with Crippen LogP contribution in [0.1, 0.15) is 25.3 Å². The van der Waals surface area contributed by atoms with Crippen molar-refractivity contribution in [2.75, 3.05) is 6.54 Å². The maximum absolute atomic E-state index is 12.3. The van der Waals surface area contributed by atoms with Crippen molar-refractivity contribution in [3.8, 4) is 0 Å². The van der Waals surface area contributed by atoms with Crippen LogP contribution in [0.3, 0.4) is 0 Å². The Labute approximate surface area is 137 Å². The van der Waals surface area contributed by atoms with Gasteiger partial charge in [0.1, 0.15) is 11.5 Å². The largest absolute Gasteiger partial charge is 0.481 e. The second kappa shape index (κ2) is 6.94. The number of carboxylic acid groups (broad SMARTS) is 1. The molecule has 1 aliphatic rings. The summed E-state index contributed by atoms with van der Waals surface area (Å²) in [6.07, 6.45) is 2.03. The molecule has 1 aliphatic heterocycles. The molecule has 0 saturated carbocycles. The van der Waals surface area contributed by atoms with Crippen molar-refractivity contribution in [2.24, 2.45) is 4.99 Å². The highest BCUT2D eigenvalue weighted by molar-refractivity contribution is 6.42. The van der Waals surface area contributed by atoms with E-state index in [1.54, 1.807) is 31.2 Å². The van der Waals surface area contributed by atoms with Crippen molar-refractivity contribution < 1.29 is 14.7 Å². The number of aliphatic imine (C=N–C) groups is 1. The van der Waals surface area contributed by atoms with Gasteiger partial charge in [0, 0.05) is 13.0 Å². The molecular formula is C15H14Cl2N2O3. The van der Waals surface area contributed by atoms with Gasteiger partial charge in [0.15, 0.2) is 0 Å². The Kier molecular flexibility index (Phi) is 5.21. The summed E-state index contributed by atoms with van der Waals surface area (Å²) in [4.78, 5) is 28.5. The Hall–Kier alpha value is -1.85. The molecule has 0 aliphatic carbocycles. The summed E-state index contributed by atoms with van der Waals surface area (Å²) >= 11 is 11.8. The fourth-order valence-corrected chi connectivity index (χ4v) is 2.38. The fourth-order valence-electron chi connectivity index (χ4n) is 2.07. The van der Waals surface area contributed by atoms with Gasteiger partial charge >= 0.3 is 5.97 Å². The van der Waals surface area contributed by atoms with Gasteiger partial charge in [0.2, 0.25) is 0 Å². The Bertz CT molecular complexity index is 683. The van der Waals surface area contributed by atoms with Gasteiger partial charge in [-0.2, -0.15) is 0 Å². The lowest BCUT2D eigenvalue weighted by molar-refractivity contribution is -0.137. The van der Waals surface area contributed by atoms with Gasteiger partial charge in [-0.1, -0.05) is 29.3 Å². The van der Waals surface area contributed by atoms with E-state index in [0.717, 1.165) is 5.56 Å². The number of amides is 1. The number of hydrogen-bond donors (Lipinski definition) is 1. The highest BCUT2D eigenvalue weighted by atomic mass is 35.5. The van der Waals surface area contributed by atoms with E-state index in [2.05, 4.69) is 4.99 Å². The van der Waals surface area contributed by atoms with E-state index >= 15 is 0 Å². The average molecular weight is 341 g/mol. The Balaban J connectivity index is 2.13. The maximum Gasteiger partial charge on any atom is 0.303 e. The first-order valence-electron chi connectivity index (χ1n) is 6.64. The number of carbonyl (C=O) groups excluding carboxylic acids is 1. The average Bonchev–Trinajstić information content (AvgIpc) is 2.70. The molecule has 2 rings (SSSR count). The zero-order valence-electron chi connectivity index (χ0n) is 11.8. The monoisotopic (exact) mass is 340 g/mol. The van der Waals surface area contributed by atoms with E-state index in [9.17, 15) is 9.59 Å². The van der Waals surface area contributed by atoms with Crippen LogP contribution in [-0.2, 0) is 9.59 Å². The second-order valence-corrected chi connectivity index (χ2v) is 5.63. The van der Waals surface area contributed by atoms with Crippen molar-refractivity contribution >= 4 is 47.0 Å². The third-order valence-corrected chi connectivity index (χ3v) is 3.90. The minimum Gasteiger partial charge on any atom is -0.481 e. The smallest absolute Gasteiger partial charge is 0.303 e. The van der Waals surface area contributed by atoms with Crippen LogP contribution in [0.4, 0.5) is 0 Å². The number of amidine groups is 1. The molecule has 0 spiro atoms. The van der Waals surface area contributed by atoms with Crippen LogP contribution >= 0.6 is 23.2 Å². The number of nitrogens with zero attached hydrogens (tertiary/aromatic N) is 2. The van der Waals surface area contributed by atoms with Gasteiger partial charge in [-0.25, -0.2) is 4.99 Å². The molecule has 1 aromatic rings. The normalized spacial score (nSPS) is 16.3. The first kappa shape index (κ1) is 16.5. The number of carbonyl (C=O) groups is 2. The van der Waals surface area contributed by atoms with Crippen LogP contribution < -0.4 is 0 Å². The molecule has 1 heterocycles. The van der Waals surface area contributed by atoms with Crippen molar-refractivity contribution in [1.82, 2.24) is 4.90 Å². The zero-order valence-corrected chi connectivity index (χ0v) is 13.4. The first-order chi connectivity index (χ1) is 10.4. The lowest BCUT2D eigenvalue weighted by atomic mass is 10.2. The maximum atomic E-state index is 12.3. The van der Waals surface area contributed by atoms with Crippen LogP contribution in [0.25, 0.3) is 6.08 Å². The van der Waals surface area contributed by atoms with Crippen LogP contribution in [0.2, 0.25) is 10.0 Å². The van der Waals surface area contributed by atoms with E-state index in [1.807, 2.05) is 0 Å². The highest BCUT2D eigenvalue weighted by Gasteiger charge is 2.27. The third-order valence-electron chi connectivity index (χ3n) is 3.16. The minimum absolute atomic E-state index is 0.0168. The van der Waals surface area contributed by atoms with Gasteiger partial charge < -0.3 is 5.11 Å². The van der Waals surface area contributed by atoms with Gasteiger partial charge in [-0.05, 0) is 37.1 Å². The summed E-state index contributed by atoms with van der Waals surface area (Å²) in [6.45, 7) is 2.05. The number of hydrogen-bond acceptors (Lipinski definition) is 3. The number of halogens is 2. The summed E-state index contributed by atoms with van der Waals surface area (Å²) in [5.41, 5.74) is 1.02. The molecule has 0 bridgehead atoms. The quantitative estimate of drug-likeness (QED) is 0.834. The minimum atomic E-state index is -0.882. The molecule has 1 N–H and O–H groups in total. The molecular weight excluding hydrogens is 327 g/mol. The highest BCUT2D eigenvalue weighted by Crippen LogP contribution is 2.25. The summed E-state index contributed by atoms with van der Waals surface area (Å²) in [7, 11) is 0. The Morgan fingerprint density at radius 3 is 2.73 bits per heavy atom. The number of aliphatic carboxylic acids is 1. The van der Waals surface area contributed by atoms with E-state index in [0.29, 0.717) is 34.5 Å². The molecule has 7 heteroatoms. The lowest BCUT2D eigenvalue weighted by Gasteiger charge is -2.14. The summed E-state index contributed by atoms with van der Waals surface area (Å²) in [5, 5.41) is 9.49. The summed E-state index contributed by atoms with van der Waals surface area (Å²) in [5.74, 6) is -0.566. The Morgan fingerprint density at radius 1 is 1.36 bits per heavy atom.